The summed E-state index contributed by atoms with van der Waals surface area (Å²) in [5.41, 5.74) is 0. The molecule has 68 heavy (non-hydrogen) atoms. The Balaban J connectivity index is 4.00. The molecule has 0 aliphatic heterocycles. The lowest BCUT2D eigenvalue weighted by Crippen LogP contribution is -2.30. The van der Waals surface area contributed by atoms with Crippen LogP contribution in [-0.2, 0) is 28.6 Å². The van der Waals surface area contributed by atoms with Crippen molar-refractivity contribution in [1.29, 1.82) is 0 Å². The molecule has 0 aromatic rings. The number of esters is 3. The van der Waals surface area contributed by atoms with Gasteiger partial charge in [-0.15, -0.1) is 0 Å². The molecule has 0 radical (unpaired) electrons. The molecular weight excluding hydrogens is 841 g/mol. The van der Waals surface area contributed by atoms with Crippen LogP contribution in [0.25, 0.3) is 0 Å². The number of hydrogen-bond donors (Lipinski definition) is 0. The molecule has 0 heterocycles. The van der Waals surface area contributed by atoms with E-state index in [0.717, 1.165) is 83.5 Å². The number of carbonyl (C=O) groups is 3. The Morgan fingerprint density at radius 2 is 0.544 bits per heavy atom. The summed E-state index contributed by atoms with van der Waals surface area (Å²) < 4.78 is 16.8. The van der Waals surface area contributed by atoms with Crippen LogP contribution in [0.1, 0.15) is 310 Å². The molecule has 0 saturated heterocycles. The minimum absolute atomic E-state index is 0.0732. The SMILES string of the molecule is CCCC/C=C\CCCCCCCC(=O)OC(COC(=O)CCCCCCCCCC)COC(=O)CCCCCCCCCCCCCCCCCC/C=C\C/C=C\C/C=C\CCCCCCC. The average Bonchev–Trinajstić information content (AvgIpc) is 3.34. The predicted molar refractivity (Wildman–Crippen MR) is 293 cm³/mol. The van der Waals surface area contributed by atoms with Gasteiger partial charge in [-0.2, -0.15) is 0 Å². The lowest BCUT2D eigenvalue weighted by Gasteiger charge is -2.18. The molecule has 0 aliphatic rings. The van der Waals surface area contributed by atoms with Gasteiger partial charge in [0.25, 0.3) is 0 Å². The maximum atomic E-state index is 12.7. The highest BCUT2D eigenvalue weighted by Crippen LogP contribution is 2.16. The third kappa shape index (κ3) is 54.3. The van der Waals surface area contributed by atoms with Crippen molar-refractivity contribution in [3.8, 4) is 0 Å². The zero-order valence-corrected chi connectivity index (χ0v) is 45.4. The highest BCUT2D eigenvalue weighted by atomic mass is 16.6. The minimum Gasteiger partial charge on any atom is -0.462 e. The molecule has 0 saturated carbocycles. The summed E-state index contributed by atoms with van der Waals surface area (Å²) >= 11 is 0. The maximum absolute atomic E-state index is 12.7. The molecule has 396 valence electrons. The third-order valence-electron chi connectivity index (χ3n) is 13.1. The van der Waals surface area contributed by atoms with E-state index in [0.29, 0.717) is 19.3 Å². The lowest BCUT2D eigenvalue weighted by molar-refractivity contribution is -0.167. The van der Waals surface area contributed by atoms with Gasteiger partial charge in [0, 0.05) is 19.3 Å². The van der Waals surface area contributed by atoms with Gasteiger partial charge in [-0.05, 0) is 77.0 Å². The summed E-state index contributed by atoms with van der Waals surface area (Å²) in [6.45, 7) is 6.57. The number of hydrogen-bond acceptors (Lipinski definition) is 6. The summed E-state index contributed by atoms with van der Waals surface area (Å²) in [6.07, 6.45) is 70.0. The minimum atomic E-state index is -0.771. The molecule has 0 rings (SSSR count). The van der Waals surface area contributed by atoms with E-state index in [-0.39, 0.29) is 31.1 Å². The first-order valence-electron chi connectivity index (χ1n) is 29.6. The van der Waals surface area contributed by atoms with Crippen LogP contribution in [0.4, 0.5) is 0 Å². The molecule has 1 unspecified atom stereocenters. The van der Waals surface area contributed by atoms with Crippen LogP contribution in [0.5, 0.6) is 0 Å². The van der Waals surface area contributed by atoms with Gasteiger partial charge in [-0.25, -0.2) is 0 Å². The number of allylic oxidation sites excluding steroid dienone is 8. The van der Waals surface area contributed by atoms with Crippen LogP contribution in [0.15, 0.2) is 48.6 Å². The molecule has 6 heteroatoms. The average molecular weight is 954 g/mol. The van der Waals surface area contributed by atoms with Crippen LogP contribution in [0.3, 0.4) is 0 Å². The van der Waals surface area contributed by atoms with E-state index in [1.165, 1.54) is 186 Å². The number of carbonyl (C=O) groups excluding carboxylic acids is 3. The second-order valence-electron chi connectivity index (χ2n) is 19.9. The van der Waals surface area contributed by atoms with Crippen molar-refractivity contribution in [2.24, 2.45) is 0 Å². The largest absolute Gasteiger partial charge is 0.462 e. The zero-order chi connectivity index (χ0) is 49.3. The Morgan fingerprint density at radius 1 is 0.294 bits per heavy atom. The lowest BCUT2D eigenvalue weighted by atomic mass is 10.0. The smallest absolute Gasteiger partial charge is 0.306 e. The maximum Gasteiger partial charge on any atom is 0.306 e. The van der Waals surface area contributed by atoms with Gasteiger partial charge in [0.1, 0.15) is 13.2 Å². The van der Waals surface area contributed by atoms with Gasteiger partial charge in [0.05, 0.1) is 0 Å². The predicted octanol–water partition coefficient (Wildman–Crippen LogP) is 19.8. The molecule has 0 spiro atoms. The quantitative estimate of drug-likeness (QED) is 0.0262. The first-order valence-corrected chi connectivity index (χ1v) is 29.6. The molecule has 0 bridgehead atoms. The fourth-order valence-electron chi connectivity index (χ4n) is 8.55. The fraction of sp³-hybridized carbons (Fsp3) is 0.823. The number of unbranched alkanes of at least 4 members (excludes halogenated alkanes) is 35. The van der Waals surface area contributed by atoms with E-state index in [4.69, 9.17) is 14.2 Å². The zero-order valence-electron chi connectivity index (χ0n) is 45.4. The topological polar surface area (TPSA) is 78.9 Å². The number of rotatable bonds is 54. The van der Waals surface area contributed by atoms with Gasteiger partial charge in [0.15, 0.2) is 6.10 Å². The van der Waals surface area contributed by atoms with Crippen molar-refractivity contribution in [2.45, 2.75) is 316 Å². The monoisotopic (exact) mass is 953 g/mol. The molecule has 0 aromatic carbocycles. The van der Waals surface area contributed by atoms with Crippen LogP contribution in [0, 0.1) is 0 Å². The summed E-state index contributed by atoms with van der Waals surface area (Å²) in [6, 6.07) is 0. The standard InChI is InChI=1S/C62H112O6/c1-4-7-10-13-16-19-21-22-23-24-25-26-27-28-29-30-31-32-33-34-35-36-37-38-39-40-42-43-46-49-52-55-61(64)67-58-59(57-66-60(63)54-51-48-45-18-15-12-9-6-3)68-62(65)56-53-50-47-44-41-20-17-14-11-8-5-2/h14,17,21-22,24-25,27-28,59H,4-13,15-16,18-20,23,26,29-58H2,1-3H3/b17-14-,22-21-,25-24-,28-27-. The Hall–Kier alpha value is -2.63. The van der Waals surface area contributed by atoms with Crippen molar-refractivity contribution in [1.82, 2.24) is 0 Å². The van der Waals surface area contributed by atoms with Crippen molar-refractivity contribution in [2.75, 3.05) is 13.2 Å². The van der Waals surface area contributed by atoms with Crippen LogP contribution < -0.4 is 0 Å². The molecule has 0 N–H and O–H groups in total. The van der Waals surface area contributed by atoms with E-state index in [9.17, 15) is 14.4 Å². The van der Waals surface area contributed by atoms with E-state index < -0.39 is 6.10 Å². The van der Waals surface area contributed by atoms with Gasteiger partial charge in [-0.1, -0.05) is 262 Å². The Morgan fingerprint density at radius 3 is 0.882 bits per heavy atom. The van der Waals surface area contributed by atoms with Gasteiger partial charge >= 0.3 is 17.9 Å². The van der Waals surface area contributed by atoms with Gasteiger partial charge in [0.2, 0.25) is 0 Å². The summed E-state index contributed by atoms with van der Waals surface area (Å²) in [7, 11) is 0. The number of ether oxygens (including phenoxy) is 3. The van der Waals surface area contributed by atoms with Crippen molar-refractivity contribution in [3.05, 3.63) is 48.6 Å². The molecular formula is C62H112O6. The van der Waals surface area contributed by atoms with E-state index in [1.807, 2.05) is 0 Å². The Kier molecular flexibility index (Phi) is 54.8. The summed E-state index contributed by atoms with van der Waals surface area (Å²) in [4.78, 5) is 37.9. The van der Waals surface area contributed by atoms with E-state index >= 15 is 0 Å². The normalized spacial score (nSPS) is 12.3. The van der Waals surface area contributed by atoms with Crippen molar-refractivity contribution in [3.63, 3.8) is 0 Å². The fourth-order valence-corrected chi connectivity index (χ4v) is 8.55. The molecule has 0 amide bonds. The first kappa shape index (κ1) is 65.4. The van der Waals surface area contributed by atoms with E-state index in [2.05, 4.69) is 69.4 Å². The second-order valence-corrected chi connectivity index (χ2v) is 19.9. The third-order valence-corrected chi connectivity index (χ3v) is 13.1. The summed E-state index contributed by atoms with van der Waals surface area (Å²) in [5.74, 6) is -0.877. The van der Waals surface area contributed by atoms with Crippen molar-refractivity contribution >= 4 is 17.9 Å². The van der Waals surface area contributed by atoms with Crippen LogP contribution in [-0.4, -0.2) is 37.2 Å². The molecule has 0 aliphatic carbocycles. The van der Waals surface area contributed by atoms with Crippen molar-refractivity contribution < 1.29 is 28.6 Å². The summed E-state index contributed by atoms with van der Waals surface area (Å²) in [5, 5.41) is 0. The van der Waals surface area contributed by atoms with Gasteiger partial charge in [-0.3, -0.25) is 14.4 Å². The van der Waals surface area contributed by atoms with Crippen LogP contribution >= 0.6 is 0 Å². The Bertz CT molecular complexity index is 1190. The van der Waals surface area contributed by atoms with Crippen LogP contribution in [0.2, 0.25) is 0 Å². The molecule has 0 fully saturated rings. The highest BCUT2D eigenvalue weighted by molar-refractivity contribution is 5.71. The van der Waals surface area contributed by atoms with Gasteiger partial charge < -0.3 is 14.2 Å². The van der Waals surface area contributed by atoms with E-state index in [1.54, 1.807) is 0 Å². The molecule has 6 nitrogen and oxygen atoms in total. The Labute approximate surface area is 422 Å². The molecule has 0 aromatic heterocycles. The molecule has 1 atom stereocenters. The first-order chi connectivity index (χ1) is 33.5. The highest BCUT2D eigenvalue weighted by Gasteiger charge is 2.19. The second kappa shape index (κ2) is 57.0.